The van der Waals surface area contributed by atoms with E-state index in [0.717, 1.165) is 11.3 Å². The SMILES string of the molecule is COC(=O)c1ccc(COC(C)c2ccccc2)nc1. The molecule has 0 bridgehead atoms. The molecule has 0 aliphatic heterocycles. The molecule has 0 saturated carbocycles. The van der Waals surface area contributed by atoms with Crippen molar-refractivity contribution in [1.29, 1.82) is 0 Å². The fourth-order valence-corrected chi connectivity index (χ4v) is 1.78. The van der Waals surface area contributed by atoms with Gasteiger partial charge in [0.2, 0.25) is 0 Å². The molecule has 1 heterocycles. The van der Waals surface area contributed by atoms with Gasteiger partial charge in [-0.1, -0.05) is 30.3 Å². The smallest absolute Gasteiger partial charge is 0.339 e. The van der Waals surface area contributed by atoms with Gasteiger partial charge in [-0.05, 0) is 24.6 Å². The van der Waals surface area contributed by atoms with Gasteiger partial charge in [0.25, 0.3) is 0 Å². The molecule has 1 aromatic heterocycles. The third kappa shape index (κ3) is 3.65. The second kappa shape index (κ2) is 6.82. The molecule has 20 heavy (non-hydrogen) atoms. The Morgan fingerprint density at radius 1 is 1.20 bits per heavy atom. The summed E-state index contributed by atoms with van der Waals surface area (Å²) in [7, 11) is 1.35. The lowest BCUT2D eigenvalue weighted by Gasteiger charge is -2.13. The number of aromatic nitrogens is 1. The van der Waals surface area contributed by atoms with Crippen molar-refractivity contribution in [3.63, 3.8) is 0 Å². The van der Waals surface area contributed by atoms with Gasteiger partial charge in [0, 0.05) is 6.20 Å². The van der Waals surface area contributed by atoms with Crippen molar-refractivity contribution in [3.05, 3.63) is 65.5 Å². The maximum Gasteiger partial charge on any atom is 0.339 e. The van der Waals surface area contributed by atoms with E-state index in [1.165, 1.54) is 13.3 Å². The summed E-state index contributed by atoms with van der Waals surface area (Å²) in [6.07, 6.45) is 1.50. The van der Waals surface area contributed by atoms with Crippen LogP contribution in [0.15, 0.2) is 48.7 Å². The quantitative estimate of drug-likeness (QED) is 0.784. The largest absolute Gasteiger partial charge is 0.465 e. The second-order valence-corrected chi connectivity index (χ2v) is 4.39. The molecule has 0 saturated heterocycles. The number of nitrogens with zero attached hydrogens (tertiary/aromatic N) is 1. The molecular formula is C16H17NO3. The van der Waals surface area contributed by atoms with E-state index in [-0.39, 0.29) is 12.1 Å². The topological polar surface area (TPSA) is 48.4 Å². The number of carbonyl (C=O) groups is 1. The molecule has 0 fully saturated rings. The number of ether oxygens (including phenoxy) is 2. The molecule has 1 atom stereocenters. The highest BCUT2D eigenvalue weighted by Gasteiger charge is 2.08. The van der Waals surface area contributed by atoms with Crippen molar-refractivity contribution in [2.75, 3.05) is 7.11 Å². The monoisotopic (exact) mass is 271 g/mol. The first-order valence-corrected chi connectivity index (χ1v) is 6.40. The third-order valence-electron chi connectivity index (χ3n) is 3.00. The summed E-state index contributed by atoms with van der Waals surface area (Å²) < 4.78 is 10.4. The van der Waals surface area contributed by atoms with Crippen molar-refractivity contribution in [1.82, 2.24) is 4.98 Å². The summed E-state index contributed by atoms with van der Waals surface area (Å²) in [4.78, 5) is 15.5. The predicted octanol–water partition coefficient (Wildman–Crippen LogP) is 3.15. The first kappa shape index (κ1) is 14.2. The number of esters is 1. The molecule has 1 aromatic carbocycles. The first-order valence-electron chi connectivity index (χ1n) is 6.40. The van der Waals surface area contributed by atoms with Crippen molar-refractivity contribution < 1.29 is 14.3 Å². The Morgan fingerprint density at radius 2 is 1.95 bits per heavy atom. The van der Waals surface area contributed by atoms with Gasteiger partial charge in [0.15, 0.2) is 0 Å². The van der Waals surface area contributed by atoms with Crippen LogP contribution in [0.5, 0.6) is 0 Å². The van der Waals surface area contributed by atoms with Crippen molar-refractivity contribution >= 4 is 5.97 Å². The maximum absolute atomic E-state index is 11.3. The zero-order valence-corrected chi connectivity index (χ0v) is 11.6. The molecule has 4 nitrogen and oxygen atoms in total. The number of pyridine rings is 1. The zero-order chi connectivity index (χ0) is 14.4. The van der Waals surface area contributed by atoms with Gasteiger partial charge in [-0.3, -0.25) is 4.98 Å². The Bertz CT molecular complexity index is 552. The number of benzene rings is 1. The highest BCUT2D eigenvalue weighted by molar-refractivity contribution is 5.88. The van der Waals surface area contributed by atoms with E-state index in [0.29, 0.717) is 12.2 Å². The lowest BCUT2D eigenvalue weighted by molar-refractivity contribution is 0.0503. The van der Waals surface area contributed by atoms with Gasteiger partial charge in [-0.15, -0.1) is 0 Å². The van der Waals surface area contributed by atoms with Crippen LogP contribution in [-0.4, -0.2) is 18.1 Å². The van der Waals surface area contributed by atoms with Crippen LogP contribution in [-0.2, 0) is 16.1 Å². The van der Waals surface area contributed by atoms with Crippen LogP contribution in [0, 0.1) is 0 Å². The summed E-state index contributed by atoms with van der Waals surface area (Å²) >= 11 is 0. The highest BCUT2D eigenvalue weighted by atomic mass is 16.5. The van der Waals surface area contributed by atoms with Crippen molar-refractivity contribution in [2.45, 2.75) is 19.6 Å². The molecular weight excluding hydrogens is 254 g/mol. The van der Waals surface area contributed by atoms with E-state index in [1.807, 2.05) is 37.3 Å². The molecule has 0 aliphatic rings. The predicted molar refractivity (Wildman–Crippen MR) is 75.2 cm³/mol. The van der Waals surface area contributed by atoms with Crippen LogP contribution in [0.3, 0.4) is 0 Å². The average molecular weight is 271 g/mol. The Hall–Kier alpha value is -2.20. The normalized spacial score (nSPS) is 11.9. The van der Waals surface area contributed by atoms with Gasteiger partial charge in [-0.2, -0.15) is 0 Å². The fourth-order valence-electron chi connectivity index (χ4n) is 1.78. The van der Waals surface area contributed by atoms with Crippen molar-refractivity contribution in [3.8, 4) is 0 Å². The Balaban J connectivity index is 1.93. The minimum absolute atomic E-state index is 0.00159. The highest BCUT2D eigenvalue weighted by Crippen LogP contribution is 2.17. The van der Waals surface area contributed by atoms with E-state index in [1.54, 1.807) is 12.1 Å². The second-order valence-electron chi connectivity index (χ2n) is 4.39. The number of hydrogen-bond donors (Lipinski definition) is 0. The van der Waals surface area contributed by atoms with Crippen molar-refractivity contribution in [2.24, 2.45) is 0 Å². The first-order chi connectivity index (χ1) is 9.70. The summed E-state index contributed by atoms with van der Waals surface area (Å²) in [5.74, 6) is -0.386. The van der Waals surface area contributed by atoms with E-state index >= 15 is 0 Å². The molecule has 1 unspecified atom stereocenters. The van der Waals surface area contributed by atoms with Crippen LogP contribution in [0.2, 0.25) is 0 Å². The van der Waals surface area contributed by atoms with E-state index in [2.05, 4.69) is 9.72 Å². The average Bonchev–Trinajstić information content (AvgIpc) is 2.53. The molecule has 0 amide bonds. The number of carbonyl (C=O) groups excluding carboxylic acids is 1. The Labute approximate surface area is 118 Å². The minimum atomic E-state index is -0.386. The summed E-state index contributed by atoms with van der Waals surface area (Å²) in [5.41, 5.74) is 2.34. The molecule has 104 valence electrons. The Kier molecular flexibility index (Phi) is 4.85. The van der Waals surface area contributed by atoms with Crippen LogP contribution in [0.1, 0.15) is 34.6 Å². The van der Waals surface area contributed by atoms with Gasteiger partial charge < -0.3 is 9.47 Å². The Morgan fingerprint density at radius 3 is 2.55 bits per heavy atom. The van der Waals surface area contributed by atoms with Gasteiger partial charge >= 0.3 is 5.97 Å². The third-order valence-corrected chi connectivity index (χ3v) is 3.00. The lowest BCUT2D eigenvalue weighted by Crippen LogP contribution is -2.04. The van der Waals surface area contributed by atoms with Gasteiger partial charge in [0.05, 0.1) is 31.1 Å². The number of methoxy groups -OCH3 is 1. The van der Waals surface area contributed by atoms with E-state index < -0.39 is 0 Å². The minimum Gasteiger partial charge on any atom is -0.465 e. The van der Waals surface area contributed by atoms with Gasteiger partial charge in [0.1, 0.15) is 0 Å². The molecule has 0 aliphatic carbocycles. The zero-order valence-electron chi connectivity index (χ0n) is 11.6. The summed E-state index contributed by atoms with van der Waals surface area (Å²) in [6, 6.07) is 13.5. The summed E-state index contributed by atoms with van der Waals surface area (Å²) in [6.45, 7) is 2.40. The number of rotatable bonds is 5. The van der Waals surface area contributed by atoms with Crippen LogP contribution in [0.4, 0.5) is 0 Å². The van der Waals surface area contributed by atoms with Gasteiger partial charge in [-0.25, -0.2) is 4.79 Å². The number of hydrogen-bond acceptors (Lipinski definition) is 4. The van der Waals surface area contributed by atoms with Crippen LogP contribution in [0.25, 0.3) is 0 Å². The molecule has 0 radical (unpaired) electrons. The van der Waals surface area contributed by atoms with Crippen LogP contribution >= 0.6 is 0 Å². The molecule has 0 spiro atoms. The van der Waals surface area contributed by atoms with E-state index in [9.17, 15) is 4.79 Å². The molecule has 4 heteroatoms. The lowest BCUT2D eigenvalue weighted by atomic mass is 10.1. The summed E-state index contributed by atoms with van der Waals surface area (Å²) in [5, 5.41) is 0. The molecule has 2 rings (SSSR count). The maximum atomic E-state index is 11.3. The molecule has 0 N–H and O–H groups in total. The van der Waals surface area contributed by atoms with E-state index in [4.69, 9.17) is 4.74 Å². The fraction of sp³-hybridized carbons (Fsp3) is 0.250. The standard InChI is InChI=1S/C16H17NO3/c1-12(13-6-4-3-5-7-13)20-11-15-9-8-14(10-17-15)16(18)19-2/h3-10,12H,11H2,1-2H3. The molecule has 2 aromatic rings. The van der Waals surface area contributed by atoms with Crippen LogP contribution < -0.4 is 0 Å².